The molecule has 18 heavy (non-hydrogen) atoms. The number of aromatic nitrogens is 1. The van der Waals surface area contributed by atoms with Gasteiger partial charge in [-0.2, -0.15) is 0 Å². The first-order chi connectivity index (χ1) is 8.63. The van der Waals surface area contributed by atoms with Crippen molar-refractivity contribution in [2.24, 2.45) is 0 Å². The minimum absolute atomic E-state index is 0.0609. The molecule has 1 aromatic carbocycles. The molecule has 0 saturated heterocycles. The van der Waals surface area contributed by atoms with E-state index in [0.717, 1.165) is 0 Å². The van der Waals surface area contributed by atoms with E-state index >= 15 is 0 Å². The predicted molar refractivity (Wildman–Crippen MR) is 64.8 cm³/mol. The molecule has 1 aromatic heterocycles. The highest BCUT2D eigenvalue weighted by Crippen LogP contribution is 2.09. The first-order valence-electron chi connectivity index (χ1n) is 5.36. The molecule has 2 aromatic rings. The van der Waals surface area contributed by atoms with Crippen LogP contribution >= 0.6 is 0 Å². The predicted octanol–water partition coefficient (Wildman–Crippen LogP) is 2.17. The normalized spacial score (nSPS) is 10.1. The molecule has 6 heteroatoms. The van der Waals surface area contributed by atoms with Gasteiger partial charge in [-0.15, -0.1) is 0 Å². The van der Waals surface area contributed by atoms with Crippen LogP contribution in [0.1, 0.15) is 5.69 Å². The summed E-state index contributed by atoms with van der Waals surface area (Å²) >= 11 is 0. The second-order valence-electron chi connectivity index (χ2n) is 3.74. The number of carbonyl (C=O) groups is 1. The van der Waals surface area contributed by atoms with E-state index in [9.17, 15) is 9.18 Å². The lowest BCUT2D eigenvalue weighted by molar-refractivity contribution is -0.114. The third-order valence-corrected chi connectivity index (χ3v) is 2.19. The molecule has 0 atom stereocenters. The molecule has 1 amide bonds. The Labute approximate surface area is 103 Å². The van der Waals surface area contributed by atoms with Crippen LogP contribution in [-0.2, 0) is 4.79 Å². The Morgan fingerprint density at radius 3 is 2.72 bits per heavy atom. The molecule has 2 rings (SSSR count). The van der Waals surface area contributed by atoms with E-state index in [1.54, 1.807) is 25.1 Å². The van der Waals surface area contributed by atoms with Gasteiger partial charge in [0.15, 0.2) is 0 Å². The average molecular weight is 249 g/mol. The highest BCUT2D eigenvalue weighted by molar-refractivity contribution is 5.92. The van der Waals surface area contributed by atoms with Crippen molar-refractivity contribution in [3.05, 3.63) is 41.8 Å². The van der Waals surface area contributed by atoms with E-state index in [-0.39, 0.29) is 18.3 Å². The lowest BCUT2D eigenvalue weighted by Crippen LogP contribution is -2.21. The summed E-state index contributed by atoms with van der Waals surface area (Å²) in [6, 6.07) is 7.37. The molecule has 0 radical (unpaired) electrons. The first kappa shape index (κ1) is 12.1. The minimum Gasteiger partial charge on any atom is -0.376 e. The highest BCUT2D eigenvalue weighted by atomic mass is 19.1. The number of halogens is 1. The zero-order valence-corrected chi connectivity index (χ0v) is 9.74. The van der Waals surface area contributed by atoms with Crippen LogP contribution in [0.4, 0.5) is 16.0 Å². The summed E-state index contributed by atoms with van der Waals surface area (Å²) in [6.07, 6.45) is 0. The molecule has 0 bridgehead atoms. The second-order valence-corrected chi connectivity index (χ2v) is 3.74. The van der Waals surface area contributed by atoms with E-state index < -0.39 is 0 Å². The Morgan fingerprint density at radius 1 is 1.39 bits per heavy atom. The molecule has 0 aliphatic heterocycles. The summed E-state index contributed by atoms with van der Waals surface area (Å²) in [5, 5.41) is 9.04. The number of nitrogens with zero attached hydrogens (tertiary/aromatic N) is 1. The third-order valence-electron chi connectivity index (χ3n) is 2.19. The maximum absolute atomic E-state index is 12.6. The molecule has 2 N–H and O–H groups in total. The standard InChI is InChI=1S/C12H12FN3O2/c1-8-6-12(18-16-8)15-11(17)7-14-10-4-2-9(13)3-5-10/h2-6,14H,7H2,1H3,(H,15,17). The summed E-state index contributed by atoms with van der Waals surface area (Å²) in [7, 11) is 0. The first-order valence-corrected chi connectivity index (χ1v) is 5.36. The van der Waals surface area contributed by atoms with Gasteiger partial charge in [-0.3, -0.25) is 10.1 Å². The largest absolute Gasteiger partial charge is 0.376 e. The van der Waals surface area contributed by atoms with Gasteiger partial charge in [0.25, 0.3) is 0 Å². The summed E-state index contributed by atoms with van der Waals surface area (Å²) in [5.41, 5.74) is 1.36. The molecule has 1 heterocycles. The Bertz CT molecular complexity index is 537. The molecule has 0 saturated carbocycles. The van der Waals surface area contributed by atoms with Crippen molar-refractivity contribution < 1.29 is 13.7 Å². The van der Waals surface area contributed by atoms with Crippen LogP contribution in [0, 0.1) is 12.7 Å². The molecule has 94 valence electrons. The van der Waals surface area contributed by atoms with Crippen LogP contribution in [0.3, 0.4) is 0 Å². The Kier molecular flexibility index (Phi) is 3.57. The fraction of sp³-hybridized carbons (Fsp3) is 0.167. The van der Waals surface area contributed by atoms with Crippen LogP contribution in [0.5, 0.6) is 0 Å². The number of rotatable bonds is 4. The van der Waals surface area contributed by atoms with Crippen LogP contribution in [-0.4, -0.2) is 17.6 Å². The minimum atomic E-state index is -0.317. The SMILES string of the molecule is Cc1cc(NC(=O)CNc2ccc(F)cc2)on1. The number of hydrogen-bond acceptors (Lipinski definition) is 4. The van der Waals surface area contributed by atoms with E-state index in [0.29, 0.717) is 17.3 Å². The van der Waals surface area contributed by atoms with Crippen molar-refractivity contribution in [3.63, 3.8) is 0 Å². The molecular weight excluding hydrogens is 237 g/mol. The maximum Gasteiger partial charge on any atom is 0.246 e. The number of benzene rings is 1. The Morgan fingerprint density at radius 2 is 2.11 bits per heavy atom. The van der Waals surface area contributed by atoms with Gasteiger partial charge in [-0.05, 0) is 31.2 Å². The van der Waals surface area contributed by atoms with Crippen molar-refractivity contribution >= 4 is 17.5 Å². The van der Waals surface area contributed by atoms with Crippen LogP contribution in [0.25, 0.3) is 0 Å². The Balaban J connectivity index is 1.83. The maximum atomic E-state index is 12.6. The van der Waals surface area contributed by atoms with Gasteiger partial charge < -0.3 is 9.84 Å². The number of nitrogens with one attached hydrogen (secondary N) is 2. The van der Waals surface area contributed by atoms with Gasteiger partial charge >= 0.3 is 0 Å². The molecular formula is C12H12FN3O2. The lowest BCUT2D eigenvalue weighted by atomic mass is 10.3. The summed E-state index contributed by atoms with van der Waals surface area (Å²) in [6.45, 7) is 1.82. The van der Waals surface area contributed by atoms with E-state index in [1.165, 1.54) is 12.1 Å². The van der Waals surface area contributed by atoms with Crippen molar-refractivity contribution in [2.45, 2.75) is 6.92 Å². The van der Waals surface area contributed by atoms with Crippen molar-refractivity contribution in [2.75, 3.05) is 17.2 Å². The fourth-order valence-corrected chi connectivity index (χ4v) is 1.35. The molecule has 0 aliphatic carbocycles. The van der Waals surface area contributed by atoms with Gasteiger partial charge in [0.1, 0.15) is 5.82 Å². The average Bonchev–Trinajstić information content (AvgIpc) is 2.74. The van der Waals surface area contributed by atoms with Crippen LogP contribution < -0.4 is 10.6 Å². The smallest absolute Gasteiger partial charge is 0.246 e. The van der Waals surface area contributed by atoms with Crippen molar-refractivity contribution in [1.82, 2.24) is 5.16 Å². The van der Waals surface area contributed by atoms with Gasteiger partial charge in [0, 0.05) is 11.8 Å². The Hall–Kier alpha value is -2.37. The van der Waals surface area contributed by atoms with E-state index in [2.05, 4.69) is 15.8 Å². The number of hydrogen-bond donors (Lipinski definition) is 2. The third kappa shape index (κ3) is 3.31. The van der Waals surface area contributed by atoms with Gasteiger partial charge in [-0.1, -0.05) is 5.16 Å². The molecule has 0 spiro atoms. The van der Waals surface area contributed by atoms with Crippen LogP contribution in [0.15, 0.2) is 34.9 Å². The monoisotopic (exact) mass is 249 g/mol. The summed E-state index contributed by atoms with van der Waals surface area (Å²) < 4.78 is 17.5. The van der Waals surface area contributed by atoms with Gasteiger partial charge in [0.2, 0.25) is 11.8 Å². The number of amides is 1. The second kappa shape index (κ2) is 5.31. The quantitative estimate of drug-likeness (QED) is 0.871. The zero-order valence-electron chi connectivity index (χ0n) is 9.74. The van der Waals surface area contributed by atoms with Gasteiger partial charge in [0.05, 0.1) is 12.2 Å². The topological polar surface area (TPSA) is 67.2 Å². The molecule has 5 nitrogen and oxygen atoms in total. The van der Waals surface area contributed by atoms with Crippen LogP contribution in [0.2, 0.25) is 0 Å². The summed E-state index contributed by atoms with van der Waals surface area (Å²) in [4.78, 5) is 11.5. The van der Waals surface area contributed by atoms with Crippen molar-refractivity contribution in [3.8, 4) is 0 Å². The molecule has 0 unspecified atom stereocenters. The van der Waals surface area contributed by atoms with Gasteiger partial charge in [-0.25, -0.2) is 4.39 Å². The lowest BCUT2D eigenvalue weighted by Gasteiger charge is -2.05. The zero-order chi connectivity index (χ0) is 13.0. The number of aryl methyl sites for hydroxylation is 1. The summed E-state index contributed by atoms with van der Waals surface area (Å²) in [5.74, 6) is -0.281. The fourth-order valence-electron chi connectivity index (χ4n) is 1.35. The molecule has 0 fully saturated rings. The van der Waals surface area contributed by atoms with E-state index in [4.69, 9.17) is 4.52 Å². The van der Waals surface area contributed by atoms with E-state index in [1.807, 2.05) is 0 Å². The number of anilines is 2. The number of carbonyl (C=O) groups excluding carboxylic acids is 1. The molecule has 0 aliphatic rings. The van der Waals surface area contributed by atoms with Crippen molar-refractivity contribution in [1.29, 1.82) is 0 Å². The highest BCUT2D eigenvalue weighted by Gasteiger charge is 2.06.